The topological polar surface area (TPSA) is 17.1 Å². The summed E-state index contributed by atoms with van der Waals surface area (Å²) >= 11 is 0. The van der Waals surface area contributed by atoms with Crippen LogP contribution in [-0.2, 0) is 10.8 Å². The van der Waals surface area contributed by atoms with Crippen LogP contribution in [0.5, 0.6) is 0 Å². The van der Waals surface area contributed by atoms with Crippen molar-refractivity contribution in [2.75, 3.05) is 6.26 Å². The first-order chi connectivity index (χ1) is 5.22. The van der Waals surface area contributed by atoms with Crippen LogP contribution < -0.4 is 0 Å². The van der Waals surface area contributed by atoms with Crippen LogP contribution in [0.25, 0.3) is 0 Å². The summed E-state index contributed by atoms with van der Waals surface area (Å²) in [6.07, 6.45) is 8.54. The van der Waals surface area contributed by atoms with E-state index >= 15 is 0 Å². The molecule has 66 valence electrons. The Labute approximate surface area is 72.0 Å². The maximum Gasteiger partial charge on any atom is 0.0345 e. The zero-order valence-electron chi connectivity index (χ0n) is 7.51. The molecule has 0 saturated heterocycles. The van der Waals surface area contributed by atoms with Gasteiger partial charge in [-0.05, 0) is 18.8 Å². The van der Waals surface area contributed by atoms with E-state index in [2.05, 4.69) is 6.92 Å². The Morgan fingerprint density at radius 3 is 2.27 bits per heavy atom. The van der Waals surface area contributed by atoms with Crippen LogP contribution in [0, 0.1) is 5.92 Å². The summed E-state index contributed by atoms with van der Waals surface area (Å²) in [6, 6.07) is 0. The first-order valence-corrected chi connectivity index (χ1v) is 6.16. The van der Waals surface area contributed by atoms with Gasteiger partial charge in [0, 0.05) is 22.3 Å². The van der Waals surface area contributed by atoms with Crippen LogP contribution in [0.4, 0.5) is 0 Å². The molecule has 1 nitrogen and oxygen atoms in total. The lowest BCUT2D eigenvalue weighted by atomic mass is 9.87. The molecule has 0 aliphatic heterocycles. The van der Waals surface area contributed by atoms with Crippen molar-refractivity contribution in [1.29, 1.82) is 0 Å². The highest BCUT2D eigenvalue weighted by atomic mass is 32.2. The van der Waals surface area contributed by atoms with Crippen LogP contribution in [0.3, 0.4) is 0 Å². The highest BCUT2D eigenvalue weighted by Crippen LogP contribution is 2.28. The molecule has 0 aromatic rings. The van der Waals surface area contributed by atoms with Gasteiger partial charge in [-0.15, -0.1) is 0 Å². The van der Waals surface area contributed by atoms with E-state index in [1.165, 1.54) is 32.1 Å². The lowest BCUT2D eigenvalue weighted by molar-refractivity contribution is 0.354. The maximum absolute atomic E-state index is 11.2. The minimum absolute atomic E-state index is 0.426. The zero-order chi connectivity index (χ0) is 8.27. The molecular weight excluding hydrogens is 156 g/mol. The van der Waals surface area contributed by atoms with Gasteiger partial charge in [0.05, 0.1) is 0 Å². The number of hydrogen-bond acceptors (Lipinski definition) is 1. The Morgan fingerprint density at radius 2 is 1.82 bits per heavy atom. The standard InChI is InChI=1S/C9H18OS/c1-8(11(2)10)9-6-4-3-5-7-9/h8-9H,3-7H2,1-2H3. The van der Waals surface area contributed by atoms with E-state index in [-0.39, 0.29) is 0 Å². The van der Waals surface area contributed by atoms with Gasteiger partial charge in [-0.2, -0.15) is 0 Å². The third-order valence-corrected chi connectivity index (χ3v) is 4.27. The average Bonchev–Trinajstić information content (AvgIpc) is 2.05. The van der Waals surface area contributed by atoms with Crippen molar-refractivity contribution >= 4 is 10.8 Å². The molecule has 2 heteroatoms. The van der Waals surface area contributed by atoms with Gasteiger partial charge < -0.3 is 0 Å². The number of rotatable bonds is 2. The lowest BCUT2D eigenvalue weighted by Crippen LogP contribution is -2.23. The summed E-state index contributed by atoms with van der Waals surface area (Å²) in [6.45, 7) is 2.13. The fourth-order valence-corrected chi connectivity index (χ4v) is 2.69. The molecule has 2 unspecified atom stereocenters. The van der Waals surface area contributed by atoms with Crippen LogP contribution in [0.2, 0.25) is 0 Å². The molecule has 0 aromatic heterocycles. The average molecular weight is 174 g/mol. The van der Waals surface area contributed by atoms with Gasteiger partial charge in [0.25, 0.3) is 0 Å². The Bertz CT molecular complexity index is 138. The van der Waals surface area contributed by atoms with Gasteiger partial charge in [-0.1, -0.05) is 26.2 Å². The highest BCUT2D eigenvalue weighted by molar-refractivity contribution is 7.84. The Kier molecular flexibility index (Phi) is 3.57. The summed E-state index contributed by atoms with van der Waals surface area (Å²) in [5.41, 5.74) is 0. The van der Waals surface area contributed by atoms with E-state index in [0.717, 1.165) is 5.92 Å². The van der Waals surface area contributed by atoms with Crippen molar-refractivity contribution < 1.29 is 4.21 Å². The van der Waals surface area contributed by atoms with Crippen molar-refractivity contribution in [1.82, 2.24) is 0 Å². The molecule has 11 heavy (non-hydrogen) atoms. The van der Waals surface area contributed by atoms with E-state index < -0.39 is 10.8 Å². The molecule has 1 rings (SSSR count). The molecule has 0 bridgehead atoms. The van der Waals surface area contributed by atoms with E-state index in [4.69, 9.17) is 0 Å². The van der Waals surface area contributed by atoms with Gasteiger partial charge in [-0.3, -0.25) is 4.21 Å². The fourth-order valence-electron chi connectivity index (χ4n) is 1.87. The zero-order valence-corrected chi connectivity index (χ0v) is 8.32. The Morgan fingerprint density at radius 1 is 1.27 bits per heavy atom. The first-order valence-electron chi connectivity index (χ1n) is 4.54. The van der Waals surface area contributed by atoms with E-state index in [9.17, 15) is 4.21 Å². The molecule has 0 N–H and O–H groups in total. The van der Waals surface area contributed by atoms with Crippen molar-refractivity contribution in [2.45, 2.75) is 44.3 Å². The third-order valence-electron chi connectivity index (χ3n) is 2.84. The molecule has 2 atom stereocenters. The SMILES string of the molecule is CC(C1CCCCC1)S(C)=O. The normalized spacial score (nSPS) is 26.4. The molecular formula is C9H18OS. The fraction of sp³-hybridized carbons (Fsp3) is 1.00. The van der Waals surface area contributed by atoms with E-state index in [0.29, 0.717) is 5.25 Å². The lowest BCUT2D eigenvalue weighted by Gasteiger charge is -2.25. The second kappa shape index (κ2) is 4.24. The molecule has 0 aromatic carbocycles. The Hall–Kier alpha value is 0.150. The largest absolute Gasteiger partial charge is 0.260 e. The maximum atomic E-state index is 11.2. The molecule has 1 aliphatic rings. The monoisotopic (exact) mass is 174 g/mol. The number of hydrogen-bond donors (Lipinski definition) is 0. The van der Waals surface area contributed by atoms with Crippen LogP contribution in [0.15, 0.2) is 0 Å². The van der Waals surface area contributed by atoms with Gasteiger partial charge in [0.1, 0.15) is 0 Å². The first kappa shape index (κ1) is 9.24. The second-order valence-electron chi connectivity index (χ2n) is 3.60. The van der Waals surface area contributed by atoms with E-state index in [1.807, 2.05) is 6.26 Å². The molecule has 0 amide bonds. The van der Waals surface area contributed by atoms with Gasteiger partial charge in [0.2, 0.25) is 0 Å². The van der Waals surface area contributed by atoms with Gasteiger partial charge in [0.15, 0.2) is 0 Å². The summed E-state index contributed by atoms with van der Waals surface area (Å²) in [7, 11) is -0.608. The van der Waals surface area contributed by atoms with Crippen LogP contribution in [0.1, 0.15) is 39.0 Å². The summed E-state index contributed by atoms with van der Waals surface area (Å²) in [4.78, 5) is 0. The molecule has 1 fully saturated rings. The van der Waals surface area contributed by atoms with Crippen molar-refractivity contribution in [3.05, 3.63) is 0 Å². The van der Waals surface area contributed by atoms with Gasteiger partial charge in [-0.25, -0.2) is 0 Å². The van der Waals surface area contributed by atoms with Crippen molar-refractivity contribution in [2.24, 2.45) is 5.92 Å². The summed E-state index contributed by atoms with van der Waals surface area (Å²) in [5, 5.41) is 0.426. The summed E-state index contributed by atoms with van der Waals surface area (Å²) < 4.78 is 11.2. The summed E-state index contributed by atoms with van der Waals surface area (Å²) in [5.74, 6) is 0.745. The molecule has 0 spiro atoms. The third kappa shape index (κ3) is 2.58. The smallest absolute Gasteiger partial charge is 0.0345 e. The van der Waals surface area contributed by atoms with Crippen molar-refractivity contribution in [3.63, 3.8) is 0 Å². The van der Waals surface area contributed by atoms with Gasteiger partial charge >= 0.3 is 0 Å². The predicted molar refractivity (Wildman–Crippen MR) is 50.1 cm³/mol. The predicted octanol–water partition coefficient (Wildman–Crippen LogP) is 2.33. The molecule has 1 saturated carbocycles. The molecule has 1 aliphatic carbocycles. The van der Waals surface area contributed by atoms with Crippen molar-refractivity contribution in [3.8, 4) is 0 Å². The Balaban J connectivity index is 2.38. The molecule has 0 radical (unpaired) electrons. The minimum Gasteiger partial charge on any atom is -0.260 e. The minimum atomic E-state index is -0.608. The second-order valence-corrected chi connectivity index (χ2v) is 5.34. The van der Waals surface area contributed by atoms with Crippen LogP contribution in [-0.4, -0.2) is 15.7 Å². The molecule has 0 heterocycles. The quantitative estimate of drug-likeness (QED) is 0.628. The highest BCUT2D eigenvalue weighted by Gasteiger charge is 2.21. The van der Waals surface area contributed by atoms with E-state index in [1.54, 1.807) is 0 Å². The van der Waals surface area contributed by atoms with Crippen LogP contribution >= 0.6 is 0 Å².